The topological polar surface area (TPSA) is 20.2 Å². The fourth-order valence-corrected chi connectivity index (χ4v) is 1.62. The maximum atomic E-state index is 9.09. The molecule has 1 aromatic carbocycles. The van der Waals surface area contributed by atoms with Crippen LogP contribution in [0.2, 0.25) is 0 Å². The van der Waals surface area contributed by atoms with E-state index in [1.54, 1.807) is 12.1 Å². The van der Waals surface area contributed by atoms with Crippen molar-refractivity contribution in [2.75, 3.05) is 0 Å². The fourth-order valence-electron chi connectivity index (χ4n) is 1.26. The molecule has 0 amide bonds. The van der Waals surface area contributed by atoms with E-state index >= 15 is 0 Å². The molecule has 72 valence electrons. The Morgan fingerprint density at radius 2 is 1.92 bits per heavy atom. The first-order chi connectivity index (χ1) is 6.24. The van der Waals surface area contributed by atoms with Crippen molar-refractivity contribution in [1.29, 1.82) is 0 Å². The van der Waals surface area contributed by atoms with E-state index in [9.17, 15) is 0 Å². The van der Waals surface area contributed by atoms with Crippen molar-refractivity contribution in [2.45, 2.75) is 31.4 Å². The van der Waals surface area contributed by atoms with Gasteiger partial charge in [-0.3, -0.25) is 0 Å². The molecule has 0 saturated carbocycles. The van der Waals surface area contributed by atoms with Crippen LogP contribution in [0.3, 0.4) is 0 Å². The minimum Gasteiger partial charge on any atom is -0.508 e. The summed E-state index contributed by atoms with van der Waals surface area (Å²) in [6.45, 7) is 2.18. The molecule has 1 nitrogen and oxygen atoms in total. The smallest absolute Gasteiger partial charge is 0.115 e. The van der Waals surface area contributed by atoms with E-state index < -0.39 is 0 Å². The second-order valence-corrected chi connectivity index (χ2v) is 3.87. The van der Waals surface area contributed by atoms with E-state index in [1.165, 1.54) is 18.4 Å². The average Bonchev–Trinajstić information content (AvgIpc) is 2.15. The third-order valence-corrected chi connectivity index (χ3v) is 2.67. The highest BCUT2D eigenvalue weighted by Crippen LogP contribution is 2.26. The van der Waals surface area contributed by atoms with Crippen molar-refractivity contribution in [2.24, 2.45) is 0 Å². The minimum atomic E-state index is 0.306. The molecule has 0 radical (unpaired) electrons. The van der Waals surface area contributed by atoms with Gasteiger partial charge in [0.1, 0.15) is 5.75 Å². The molecule has 0 spiro atoms. The van der Waals surface area contributed by atoms with Crippen LogP contribution < -0.4 is 0 Å². The van der Waals surface area contributed by atoms with E-state index in [0.717, 1.165) is 6.42 Å². The Morgan fingerprint density at radius 1 is 1.31 bits per heavy atom. The van der Waals surface area contributed by atoms with Crippen LogP contribution in [-0.2, 0) is 0 Å². The molecule has 0 aliphatic rings. The molecule has 1 rings (SSSR count). The zero-order valence-corrected chi connectivity index (χ0v) is 8.80. The van der Waals surface area contributed by atoms with Gasteiger partial charge in [-0.25, -0.2) is 0 Å². The van der Waals surface area contributed by atoms with Crippen molar-refractivity contribution < 1.29 is 5.11 Å². The van der Waals surface area contributed by atoms with Gasteiger partial charge in [0, 0.05) is 5.25 Å². The van der Waals surface area contributed by atoms with Crippen LogP contribution in [0, 0.1) is 0 Å². The molecule has 1 unspecified atom stereocenters. The van der Waals surface area contributed by atoms with Gasteiger partial charge in [-0.05, 0) is 24.1 Å². The van der Waals surface area contributed by atoms with Crippen molar-refractivity contribution >= 4 is 12.6 Å². The Hall–Kier alpha value is -0.630. The van der Waals surface area contributed by atoms with Gasteiger partial charge >= 0.3 is 0 Å². The van der Waals surface area contributed by atoms with E-state index in [0.29, 0.717) is 11.0 Å². The maximum absolute atomic E-state index is 9.09. The summed E-state index contributed by atoms with van der Waals surface area (Å²) in [5, 5.41) is 9.40. The third kappa shape index (κ3) is 3.31. The number of phenolic OH excluding ortho intramolecular Hbond substituents is 1. The number of rotatable bonds is 4. The Balaban J connectivity index is 2.55. The predicted octanol–water partition coefficient (Wildman–Crippen LogP) is 3.55. The number of benzene rings is 1. The SMILES string of the molecule is CCCCC(S)c1ccc(O)cc1. The van der Waals surface area contributed by atoms with Crippen molar-refractivity contribution in [3.05, 3.63) is 29.8 Å². The highest BCUT2D eigenvalue weighted by molar-refractivity contribution is 7.80. The summed E-state index contributed by atoms with van der Waals surface area (Å²) in [5.41, 5.74) is 1.19. The van der Waals surface area contributed by atoms with Crippen LogP contribution in [0.1, 0.15) is 37.0 Å². The van der Waals surface area contributed by atoms with Gasteiger partial charge in [0.25, 0.3) is 0 Å². The van der Waals surface area contributed by atoms with Crippen LogP contribution in [0.5, 0.6) is 5.75 Å². The summed E-state index contributed by atoms with van der Waals surface area (Å²) in [5.74, 6) is 0.319. The summed E-state index contributed by atoms with van der Waals surface area (Å²) >= 11 is 4.51. The lowest BCUT2D eigenvalue weighted by molar-refractivity contribution is 0.475. The normalized spacial score (nSPS) is 12.8. The van der Waals surface area contributed by atoms with Gasteiger partial charge in [0.15, 0.2) is 0 Å². The number of thiol groups is 1. The van der Waals surface area contributed by atoms with E-state index in [-0.39, 0.29) is 0 Å². The molecule has 0 aliphatic carbocycles. The van der Waals surface area contributed by atoms with Crippen LogP contribution in [0.25, 0.3) is 0 Å². The summed E-state index contributed by atoms with van der Waals surface area (Å²) in [7, 11) is 0. The average molecular weight is 196 g/mol. The molecule has 1 N–H and O–H groups in total. The van der Waals surface area contributed by atoms with Gasteiger partial charge in [-0.2, -0.15) is 12.6 Å². The van der Waals surface area contributed by atoms with Crippen LogP contribution in [0.15, 0.2) is 24.3 Å². The van der Waals surface area contributed by atoms with Gasteiger partial charge in [0.2, 0.25) is 0 Å². The van der Waals surface area contributed by atoms with Gasteiger partial charge in [-0.1, -0.05) is 31.9 Å². The van der Waals surface area contributed by atoms with Gasteiger partial charge in [0.05, 0.1) is 0 Å². The van der Waals surface area contributed by atoms with E-state index in [2.05, 4.69) is 19.6 Å². The summed E-state index contributed by atoms with van der Waals surface area (Å²) in [6.07, 6.45) is 3.51. The molecule has 13 heavy (non-hydrogen) atoms. The molecule has 2 heteroatoms. The third-order valence-electron chi connectivity index (χ3n) is 2.11. The summed E-state index contributed by atoms with van der Waals surface area (Å²) < 4.78 is 0. The quantitative estimate of drug-likeness (QED) is 0.706. The molecule has 1 atom stereocenters. The Bertz CT molecular complexity index is 243. The summed E-state index contributed by atoms with van der Waals surface area (Å²) in [4.78, 5) is 0. The lowest BCUT2D eigenvalue weighted by Crippen LogP contribution is -1.89. The largest absolute Gasteiger partial charge is 0.508 e. The van der Waals surface area contributed by atoms with Crippen LogP contribution in [0.4, 0.5) is 0 Å². The maximum Gasteiger partial charge on any atom is 0.115 e. The van der Waals surface area contributed by atoms with Crippen molar-refractivity contribution in [3.8, 4) is 5.75 Å². The van der Waals surface area contributed by atoms with Crippen molar-refractivity contribution in [1.82, 2.24) is 0 Å². The highest BCUT2D eigenvalue weighted by Gasteiger charge is 2.04. The lowest BCUT2D eigenvalue weighted by atomic mass is 10.1. The van der Waals surface area contributed by atoms with Crippen molar-refractivity contribution in [3.63, 3.8) is 0 Å². The second-order valence-electron chi connectivity index (χ2n) is 3.25. The second kappa shape index (κ2) is 5.18. The highest BCUT2D eigenvalue weighted by atomic mass is 32.1. The number of phenols is 1. The lowest BCUT2D eigenvalue weighted by Gasteiger charge is -2.09. The first-order valence-corrected chi connectivity index (χ1v) is 5.22. The Morgan fingerprint density at radius 3 is 2.46 bits per heavy atom. The number of unbranched alkanes of at least 4 members (excludes halogenated alkanes) is 1. The van der Waals surface area contributed by atoms with Crippen LogP contribution >= 0.6 is 12.6 Å². The zero-order chi connectivity index (χ0) is 9.68. The van der Waals surface area contributed by atoms with Crippen LogP contribution in [-0.4, -0.2) is 5.11 Å². The fraction of sp³-hybridized carbons (Fsp3) is 0.455. The minimum absolute atomic E-state index is 0.306. The predicted molar refractivity (Wildman–Crippen MR) is 59.4 cm³/mol. The molecular weight excluding hydrogens is 180 g/mol. The number of aromatic hydroxyl groups is 1. The number of hydrogen-bond acceptors (Lipinski definition) is 2. The van der Waals surface area contributed by atoms with Gasteiger partial charge < -0.3 is 5.11 Å². The molecule has 1 aromatic rings. The Labute approximate surface area is 85.2 Å². The first kappa shape index (κ1) is 10.5. The molecular formula is C11H16OS. The molecule has 0 heterocycles. The molecule has 0 bridgehead atoms. The summed E-state index contributed by atoms with van der Waals surface area (Å²) in [6, 6.07) is 7.29. The number of hydrogen-bond donors (Lipinski definition) is 2. The zero-order valence-electron chi connectivity index (χ0n) is 7.90. The molecule has 0 saturated heterocycles. The first-order valence-electron chi connectivity index (χ1n) is 4.71. The molecule has 0 fully saturated rings. The molecule has 0 aliphatic heterocycles. The van der Waals surface area contributed by atoms with E-state index in [4.69, 9.17) is 5.11 Å². The van der Waals surface area contributed by atoms with Gasteiger partial charge in [-0.15, -0.1) is 0 Å². The Kier molecular flexibility index (Phi) is 4.16. The monoisotopic (exact) mass is 196 g/mol. The standard InChI is InChI=1S/C11H16OS/c1-2-3-4-11(13)9-5-7-10(12)8-6-9/h5-8,11-13H,2-4H2,1H3. The molecule has 0 aromatic heterocycles. The van der Waals surface area contributed by atoms with E-state index in [1.807, 2.05) is 12.1 Å².